The first-order valence-corrected chi connectivity index (χ1v) is 7.51. The van der Waals surface area contributed by atoms with Crippen LogP contribution < -0.4 is 5.32 Å². The Kier molecular flexibility index (Phi) is 5.34. The first kappa shape index (κ1) is 14.9. The number of rotatable bonds is 4. The summed E-state index contributed by atoms with van der Waals surface area (Å²) in [6.45, 7) is 6.06. The number of benzene rings is 1. The molecule has 5 heteroatoms. The number of nitrogens with zero attached hydrogens (tertiary/aromatic N) is 1. The van der Waals surface area contributed by atoms with E-state index in [4.69, 9.17) is 23.2 Å². The molecule has 1 atom stereocenters. The standard InChI is InChI=1S/C14H20Cl2N2O/c1-2-3-12(18-6-4-17-5-7-18)14-11(16)8-10(15)9-13(14)19/h8-9,12,17,19H,2-7H2,1H3/t12-/m0/s1. The van der Waals surface area contributed by atoms with Gasteiger partial charge in [-0.15, -0.1) is 0 Å². The first-order chi connectivity index (χ1) is 9.13. The molecule has 0 aromatic heterocycles. The summed E-state index contributed by atoms with van der Waals surface area (Å²) in [7, 11) is 0. The normalized spacial score (nSPS) is 18.5. The highest BCUT2D eigenvalue weighted by molar-refractivity contribution is 6.35. The van der Waals surface area contributed by atoms with Gasteiger partial charge in [-0.25, -0.2) is 0 Å². The monoisotopic (exact) mass is 302 g/mol. The molecule has 1 aromatic rings. The fourth-order valence-corrected chi connectivity index (χ4v) is 3.29. The Hall–Kier alpha value is -0.480. The van der Waals surface area contributed by atoms with Gasteiger partial charge >= 0.3 is 0 Å². The Labute approximate surface area is 124 Å². The molecular weight excluding hydrogens is 283 g/mol. The molecule has 0 aliphatic carbocycles. The van der Waals surface area contributed by atoms with Gasteiger partial charge in [-0.2, -0.15) is 0 Å². The predicted octanol–water partition coefficient (Wildman–Crippen LogP) is 3.45. The largest absolute Gasteiger partial charge is 0.508 e. The number of hydrogen-bond donors (Lipinski definition) is 2. The van der Waals surface area contributed by atoms with E-state index in [1.54, 1.807) is 12.1 Å². The molecule has 1 heterocycles. The van der Waals surface area contributed by atoms with Crippen molar-refractivity contribution in [2.24, 2.45) is 0 Å². The van der Waals surface area contributed by atoms with Crippen molar-refractivity contribution >= 4 is 23.2 Å². The molecule has 0 radical (unpaired) electrons. The molecule has 2 rings (SSSR count). The first-order valence-electron chi connectivity index (χ1n) is 6.76. The van der Waals surface area contributed by atoms with Gasteiger partial charge in [0.1, 0.15) is 5.75 Å². The highest BCUT2D eigenvalue weighted by Gasteiger charge is 2.26. The highest BCUT2D eigenvalue weighted by Crippen LogP contribution is 2.39. The number of phenolic OH excluding ortho intramolecular Hbond substituents is 1. The second-order valence-corrected chi connectivity index (χ2v) is 5.75. The fraction of sp³-hybridized carbons (Fsp3) is 0.571. The maximum atomic E-state index is 10.2. The van der Waals surface area contributed by atoms with E-state index in [0.717, 1.165) is 44.6 Å². The van der Waals surface area contributed by atoms with Crippen molar-refractivity contribution in [1.29, 1.82) is 0 Å². The highest BCUT2D eigenvalue weighted by atomic mass is 35.5. The van der Waals surface area contributed by atoms with Crippen molar-refractivity contribution in [2.75, 3.05) is 26.2 Å². The molecule has 0 saturated carbocycles. The third-order valence-corrected chi connectivity index (χ3v) is 4.09. The summed E-state index contributed by atoms with van der Waals surface area (Å²) in [5, 5.41) is 14.6. The molecule has 0 bridgehead atoms. The fourth-order valence-electron chi connectivity index (χ4n) is 2.68. The summed E-state index contributed by atoms with van der Waals surface area (Å²) in [6.07, 6.45) is 2.03. The lowest BCUT2D eigenvalue weighted by molar-refractivity contribution is 0.162. The average molecular weight is 303 g/mol. The SMILES string of the molecule is CCC[C@@H](c1c(O)cc(Cl)cc1Cl)N1CCNCC1. The molecule has 1 fully saturated rings. The summed E-state index contributed by atoms with van der Waals surface area (Å²) in [5.41, 5.74) is 0.815. The Balaban J connectivity index is 2.32. The minimum Gasteiger partial charge on any atom is -0.508 e. The van der Waals surface area contributed by atoms with Gasteiger partial charge in [0.05, 0.1) is 5.02 Å². The van der Waals surface area contributed by atoms with E-state index in [1.807, 2.05) is 0 Å². The minimum absolute atomic E-state index is 0.164. The summed E-state index contributed by atoms with van der Waals surface area (Å²) >= 11 is 12.2. The van der Waals surface area contributed by atoms with E-state index < -0.39 is 0 Å². The van der Waals surface area contributed by atoms with E-state index in [9.17, 15) is 5.11 Å². The molecule has 0 unspecified atom stereocenters. The Morgan fingerprint density at radius 1 is 1.32 bits per heavy atom. The molecule has 1 aliphatic heterocycles. The van der Waals surface area contributed by atoms with Crippen LogP contribution in [0.5, 0.6) is 5.75 Å². The van der Waals surface area contributed by atoms with Crippen molar-refractivity contribution in [3.05, 3.63) is 27.7 Å². The van der Waals surface area contributed by atoms with Crippen LogP contribution in [0, 0.1) is 0 Å². The van der Waals surface area contributed by atoms with Crippen molar-refractivity contribution in [3.8, 4) is 5.75 Å². The van der Waals surface area contributed by atoms with Gasteiger partial charge in [-0.1, -0.05) is 36.5 Å². The van der Waals surface area contributed by atoms with Crippen LogP contribution in [0.2, 0.25) is 10.0 Å². The van der Waals surface area contributed by atoms with Crippen LogP contribution in [0.3, 0.4) is 0 Å². The number of piperazine rings is 1. The Morgan fingerprint density at radius 3 is 2.58 bits per heavy atom. The molecule has 0 amide bonds. The van der Waals surface area contributed by atoms with Crippen LogP contribution in [0.4, 0.5) is 0 Å². The lowest BCUT2D eigenvalue weighted by Crippen LogP contribution is -2.45. The second-order valence-electron chi connectivity index (χ2n) is 4.91. The van der Waals surface area contributed by atoms with Gasteiger partial charge in [0.25, 0.3) is 0 Å². The number of phenols is 1. The van der Waals surface area contributed by atoms with Crippen molar-refractivity contribution < 1.29 is 5.11 Å². The van der Waals surface area contributed by atoms with Crippen molar-refractivity contribution in [3.63, 3.8) is 0 Å². The van der Waals surface area contributed by atoms with Gasteiger partial charge in [0.2, 0.25) is 0 Å². The van der Waals surface area contributed by atoms with E-state index in [2.05, 4.69) is 17.1 Å². The van der Waals surface area contributed by atoms with E-state index in [1.165, 1.54) is 0 Å². The molecule has 1 saturated heterocycles. The molecule has 0 spiro atoms. The summed E-state index contributed by atoms with van der Waals surface area (Å²) in [5.74, 6) is 0.203. The summed E-state index contributed by atoms with van der Waals surface area (Å²) in [6, 6.07) is 3.45. The number of aromatic hydroxyl groups is 1. The van der Waals surface area contributed by atoms with Crippen LogP contribution in [0.25, 0.3) is 0 Å². The maximum Gasteiger partial charge on any atom is 0.123 e. The van der Waals surface area contributed by atoms with E-state index in [0.29, 0.717) is 10.0 Å². The molecule has 19 heavy (non-hydrogen) atoms. The summed E-state index contributed by atoms with van der Waals surface area (Å²) < 4.78 is 0. The Morgan fingerprint density at radius 2 is 2.00 bits per heavy atom. The van der Waals surface area contributed by atoms with Gasteiger partial charge in [0.15, 0.2) is 0 Å². The zero-order valence-corrected chi connectivity index (χ0v) is 12.6. The van der Waals surface area contributed by atoms with Crippen LogP contribution in [0.1, 0.15) is 31.4 Å². The zero-order valence-electron chi connectivity index (χ0n) is 11.1. The minimum atomic E-state index is 0.164. The number of halogens is 2. The van der Waals surface area contributed by atoms with Crippen LogP contribution in [-0.2, 0) is 0 Å². The molecule has 1 aliphatic rings. The number of nitrogens with one attached hydrogen (secondary N) is 1. The Bertz CT molecular complexity index is 410. The van der Waals surface area contributed by atoms with Crippen LogP contribution in [0.15, 0.2) is 12.1 Å². The second kappa shape index (κ2) is 6.80. The lowest BCUT2D eigenvalue weighted by Gasteiger charge is -2.35. The number of hydrogen-bond acceptors (Lipinski definition) is 3. The zero-order chi connectivity index (χ0) is 13.8. The van der Waals surface area contributed by atoms with Gasteiger partial charge in [0, 0.05) is 42.8 Å². The predicted molar refractivity (Wildman–Crippen MR) is 80.2 cm³/mol. The molecule has 3 nitrogen and oxygen atoms in total. The topological polar surface area (TPSA) is 35.5 Å². The van der Waals surface area contributed by atoms with Crippen LogP contribution in [-0.4, -0.2) is 36.2 Å². The molecule has 106 valence electrons. The van der Waals surface area contributed by atoms with E-state index in [-0.39, 0.29) is 11.8 Å². The third kappa shape index (κ3) is 3.54. The smallest absolute Gasteiger partial charge is 0.123 e. The van der Waals surface area contributed by atoms with Gasteiger partial charge < -0.3 is 10.4 Å². The molecule has 1 aromatic carbocycles. The summed E-state index contributed by atoms with van der Waals surface area (Å²) in [4.78, 5) is 2.38. The van der Waals surface area contributed by atoms with E-state index >= 15 is 0 Å². The average Bonchev–Trinajstić information content (AvgIpc) is 2.37. The third-order valence-electron chi connectivity index (χ3n) is 3.56. The molecule has 2 N–H and O–H groups in total. The quantitative estimate of drug-likeness (QED) is 0.894. The van der Waals surface area contributed by atoms with Crippen molar-refractivity contribution in [1.82, 2.24) is 10.2 Å². The van der Waals surface area contributed by atoms with Gasteiger partial charge in [-0.3, -0.25) is 4.90 Å². The molecular formula is C14H20Cl2N2O. The lowest BCUT2D eigenvalue weighted by atomic mass is 9.98. The van der Waals surface area contributed by atoms with Crippen molar-refractivity contribution in [2.45, 2.75) is 25.8 Å². The van der Waals surface area contributed by atoms with Crippen LogP contribution >= 0.6 is 23.2 Å². The maximum absolute atomic E-state index is 10.2. The van der Waals surface area contributed by atoms with Gasteiger partial charge in [-0.05, 0) is 18.6 Å².